The number of aromatic carboxylic acids is 1. The van der Waals surface area contributed by atoms with Crippen molar-refractivity contribution >= 4 is 11.9 Å². The summed E-state index contributed by atoms with van der Waals surface area (Å²) in [5.74, 6) is -1.12. The van der Waals surface area contributed by atoms with Crippen molar-refractivity contribution < 1.29 is 19.1 Å². The minimum atomic E-state index is -1.10. The van der Waals surface area contributed by atoms with Crippen LogP contribution in [0, 0.1) is 0 Å². The van der Waals surface area contributed by atoms with Crippen LogP contribution in [0.15, 0.2) is 35.1 Å². The zero-order valence-corrected chi connectivity index (χ0v) is 12.3. The zero-order valence-electron chi connectivity index (χ0n) is 12.3. The molecule has 0 aliphatic rings. The monoisotopic (exact) mass is 302 g/mol. The molecule has 1 heterocycles. The maximum atomic E-state index is 12.1. The number of hydrogen-bond donors (Lipinski definition) is 2. The summed E-state index contributed by atoms with van der Waals surface area (Å²) in [5, 5.41) is 12.0. The maximum absolute atomic E-state index is 12.1. The molecule has 22 heavy (non-hydrogen) atoms. The van der Waals surface area contributed by atoms with E-state index < -0.39 is 5.97 Å². The Morgan fingerprint density at radius 2 is 2.00 bits per heavy atom. The van der Waals surface area contributed by atoms with Crippen molar-refractivity contribution in [3.63, 3.8) is 0 Å². The largest absolute Gasteiger partial charge is 0.478 e. The number of carboxylic acids is 1. The lowest BCUT2D eigenvalue weighted by Crippen LogP contribution is -2.24. The summed E-state index contributed by atoms with van der Waals surface area (Å²) in [5.41, 5.74) is 0.766. The molecule has 0 spiro atoms. The molecule has 2 rings (SSSR count). The smallest absolute Gasteiger partial charge is 0.335 e. The van der Waals surface area contributed by atoms with Gasteiger partial charge >= 0.3 is 5.97 Å². The number of nitrogens with zero attached hydrogens (tertiary/aromatic N) is 1. The summed E-state index contributed by atoms with van der Waals surface area (Å²) in [6, 6.07) is 4.36. The molecule has 1 aromatic carbocycles. The molecule has 0 fully saturated rings. The van der Waals surface area contributed by atoms with Crippen LogP contribution in [-0.4, -0.2) is 28.5 Å². The molecule has 2 N–H and O–H groups in total. The normalized spacial score (nSPS) is 10.4. The Bertz CT molecular complexity index is 650. The van der Waals surface area contributed by atoms with Crippen LogP contribution in [0.25, 0.3) is 11.5 Å². The molecule has 1 amide bonds. The van der Waals surface area contributed by atoms with E-state index in [-0.39, 0.29) is 22.9 Å². The molecule has 116 valence electrons. The van der Waals surface area contributed by atoms with E-state index in [0.29, 0.717) is 12.1 Å². The first kappa shape index (κ1) is 15.8. The molecule has 2 aromatic rings. The number of nitrogens with one attached hydrogen (secondary N) is 1. The number of unbranched alkanes of at least 4 members (excludes halogenated alkanes) is 2. The quantitative estimate of drug-likeness (QED) is 0.767. The van der Waals surface area contributed by atoms with Gasteiger partial charge in [-0.1, -0.05) is 19.8 Å². The van der Waals surface area contributed by atoms with Crippen LogP contribution < -0.4 is 5.32 Å². The SMILES string of the molecule is CCCCCNC(=O)c1cc(C(=O)O)cc(-c2ncco2)c1. The van der Waals surface area contributed by atoms with Crippen molar-refractivity contribution in [2.45, 2.75) is 26.2 Å². The molecule has 6 heteroatoms. The maximum Gasteiger partial charge on any atom is 0.335 e. The second kappa shape index (κ2) is 7.40. The van der Waals surface area contributed by atoms with Crippen molar-refractivity contribution in [1.29, 1.82) is 0 Å². The van der Waals surface area contributed by atoms with E-state index in [9.17, 15) is 14.7 Å². The predicted molar refractivity (Wildman–Crippen MR) is 80.8 cm³/mol. The summed E-state index contributed by atoms with van der Waals surface area (Å²) in [4.78, 5) is 27.3. The summed E-state index contributed by atoms with van der Waals surface area (Å²) < 4.78 is 5.17. The van der Waals surface area contributed by atoms with Crippen LogP contribution in [0.4, 0.5) is 0 Å². The molecule has 0 bridgehead atoms. The van der Waals surface area contributed by atoms with Crippen LogP contribution in [0.5, 0.6) is 0 Å². The van der Waals surface area contributed by atoms with Gasteiger partial charge in [-0.25, -0.2) is 9.78 Å². The molecule has 0 saturated carbocycles. The van der Waals surface area contributed by atoms with E-state index in [1.807, 2.05) is 0 Å². The van der Waals surface area contributed by atoms with Gasteiger partial charge in [0.05, 0.1) is 11.8 Å². The van der Waals surface area contributed by atoms with Crippen molar-refractivity contribution in [2.24, 2.45) is 0 Å². The molecule has 0 atom stereocenters. The highest BCUT2D eigenvalue weighted by Gasteiger charge is 2.14. The van der Waals surface area contributed by atoms with E-state index in [2.05, 4.69) is 17.2 Å². The van der Waals surface area contributed by atoms with E-state index in [4.69, 9.17) is 4.42 Å². The van der Waals surface area contributed by atoms with E-state index in [1.165, 1.54) is 24.6 Å². The Labute approximate surface area is 128 Å². The fourth-order valence-corrected chi connectivity index (χ4v) is 2.05. The number of carbonyl (C=O) groups excluding carboxylic acids is 1. The highest BCUT2D eigenvalue weighted by atomic mass is 16.4. The van der Waals surface area contributed by atoms with Crippen LogP contribution in [0.3, 0.4) is 0 Å². The van der Waals surface area contributed by atoms with Crippen LogP contribution in [-0.2, 0) is 0 Å². The third-order valence-corrected chi connectivity index (χ3v) is 3.19. The van der Waals surface area contributed by atoms with Gasteiger partial charge in [-0.15, -0.1) is 0 Å². The number of amides is 1. The minimum absolute atomic E-state index is 0.0226. The van der Waals surface area contributed by atoms with Gasteiger partial charge in [0.25, 0.3) is 5.91 Å². The van der Waals surface area contributed by atoms with Gasteiger partial charge < -0.3 is 14.8 Å². The van der Waals surface area contributed by atoms with Gasteiger partial charge in [0.1, 0.15) is 6.26 Å². The van der Waals surface area contributed by atoms with E-state index >= 15 is 0 Å². The molecule has 6 nitrogen and oxygen atoms in total. The number of oxazole rings is 1. The first-order chi connectivity index (χ1) is 10.6. The third kappa shape index (κ3) is 3.94. The van der Waals surface area contributed by atoms with Gasteiger partial charge in [-0.3, -0.25) is 4.79 Å². The lowest BCUT2D eigenvalue weighted by Gasteiger charge is -2.07. The number of rotatable bonds is 7. The topological polar surface area (TPSA) is 92.4 Å². The molecule has 0 aliphatic carbocycles. The van der Waals surface area contributed by atoms with Gasteiger partial charge in [0.15, 0.2) is 0 Å². The Kier molecular flexibility index (Phi) is 5.30. The number of carboxylic acid groups (broad SMARTS) is 1. The number of hydrogen-bond acceptors (Lipinski definition) is 4. The van der Waals surface area contributed by atoms with Crippen LogP contribution in [0.1, 0.15) is 46.9 Å². The standard InChI is InChI=1S/C16H18N2O4/c1-2-3-4-5-17-14(19)11-8-12(15-18-6-7-22-15)10-13(9-11)16(20)21/h6-10H,2-5H2,1H3,(H,17,19)(H,20,21). The Morgan fingerprint density at radius 1 is 1.23 bits per heavy atom. The molecular formula is C16H18N2O4. The predicted octanol–water partition coefficient (Wildman–Crippen LogP) is 2.96. The first-order valence-electron chi connectivity index (χ1n) is 7.18. The highest BCUT2D eigenvalue weighted by Crippen LogP contribution is 2.21. The fourth-order valence-electron chi connectivity index (χ4n) is 2.05. The van der Waals surface area contributed by atoms with Gasteiger partial charge in [0.2, 0.25) is 5.89 Å². The molecule has 0 saturated heterocycles. The van der Waals surface area contributed by atoms with E-state index in [1.54, 1.807) is 6.07 Å². The number of benzene rings is 1. The van der Waals surface area contributed by atoms with Crippen LogP contribution >= 0.6 is 0 Å². The van der Waals surface area contributed by atoms with Crippen molar-refractivity contribution in [2.75, 3.05) is 6.54 Å². The van der Waals surface area contributed by atoms with Crippen molar-refractivity contribution in [1.82, 2.24) is 10.3 Å². The van der Waals surface area contributed by atoms with Gasteiger partial charge in [-0.2, -0.15) is 0 Å². The molecule has 0 unspecified atom stereocenters. The summed E-state index contributed by atoms with van der Waals surface area (Å²) in [6.45, 7) is 2.65. The average Bonchev–Trinajstić information content (AvgIpc) is 3.05. The van der Waals surface area contributed by atoms with Crippen LogP contribution in [0.2, 0.25) is 0 Å². The summed E-state index contributed by atoms with van der Waals surface area (Å²) in [7, 11) is 0. The minimum Gasteiger partial charge on any atom is -0.478 e. The highest BCUT2D eigenvalue weighted by molar-refractivity contribution is 5.99. The molecule has 0 radical (unpaired) electrons. The van der Waals surface area contributed by atoms with E-state index in [0.717, 1.165) is 19.3 Å². The summed E-state index contributed by atoms with van der Waals surface area (Å²) in [6.07, 6.45) is 5.86. The molecular weight excluding hydrogens is 284 g/mol. The fraction of sp³-hybridized carbons (Fsp3) is 0.312. The van der Waals surface area contributed by atoms with Crippen molar-refractivity contribution in [3.8, 4) is 11.5 Å². The van der Waals surface area contributed by atoms with Gasteiger partial charge in [0, 0.05) is 17.7 Å². The zero-order chi connectivity index (χ0) is 15.9. The Morgan fingerprint density at radius 3 is 2.64 bits per heavy atom. The summed E-state index contributed by atoms with van der Waals surface area (Å²) >= 11 is 0. The van der Waals surface area contributed by atoms with Crippen molar-refractivity contribution in [3.05, 3.63) is 41.8 Å². The lowest BCUT2D eigenvalue weighted by molar-refractivity contribution is 0.0697. The molecule has 0 aliphatic heterocycles. The number of carbonyl (C=O) groups is 2. The lowest BCUT2D eigenvalue weighted by atomic mass is 10.0. The number of aromatic nitrogens is 1. The molecule has 1 aromatic heterocycles. The third-order valence-electron chi connectivity index (χ3n) is 3.19. The first-order valence-corrected chi connectivity index (χ1v) is 7.18. The van der Waals surface area contributed by atoms with Gasteiger partial charge in [-0.05, 0) is 24.6 Å². The Hall–Kier alpha value is -2.63. The second-order valence-electron chi connectivity index (χ2n) is 4.90. The average molecular weight is 302 g/mol. The second-order valence-corrected chi connectivity index (χ2v) is 4.90. The Balaban J connectivity index is 2.23.